The number of hydrogen-bond acceptors (Lipinski definition) is 3. The van der Waals surface area contributed by atoms with Crippen molar-refractivity contribution in [1.29, 1.82) is 0 Å². The molecule has 41 heavy (non-hydrogen) atoms. The first-order chi connectivity index (χ1) is 19.7. The zero-order valence-electron chi connectivity index (χ0n) is 22.3. The van der Waals surface area contributed by atoms with Crippen LogP contribution in [0.25, 0.3) is 11.1 Å². The summed E-state index contributed by atoms with van der Waals surface area (Å²) < 4.78 is 39.2. The molecule has 0 radical (unpaired) electrons. The number of carbonyl (C=O) groups is 3. The van der Waals surface area contributed by atoms with Gasteiger partial charge in [0, 0.05) is 31.2 Å². The Hall–Kier alpha value is -4.34. The number of nitrogens with one attached hydrogen (secondary N) is 3. The van der Waals surface area contributed by atoms with Crippen LogP contribution >= 0.6 is 0 Å². The summed E-state index contributed by atoms with van der Waals surface area (Å²) in [5, 5.41) is 7.98. The van der Waals surface area contributed by atoms with Crippen molar-refractivity contribution in [2.75, 3.05) is 26.2 Å². The molecular weight excluding hydrogens is 533 g/mol. The van der Waals surface area contributed by atoms with Crippen LogP contribution in [0.2, 0.25) is 0 Å². The Labute approximate surface area is 236 Å². The van der Waals surface area contributed by atoms with Gasteiger partial charge in [0.05, 0.1) is 0 Å². The number of benzene rings is 3. The summed E-state index contributed by atoms with van der Waals surface area (Å²) >= 11 is 0. The van der Waals surface area contributed by atoms with Gasteiger partial charge in [0.2, 0.25) is 5.91 Å². The summed E-state index contributed by atoms with van der Waals surface area (Å²) in [6.07, 6.45) is -3.29. The molecule has 0 unspecified atom stereocenters. The molecule has 0 bridgehead atoms. The lowest BCUT2D eigenvalue weighted by atomic mass is 9.74. The Kier molecular flexibility index (Phi) is 8.01. The van der Waals surface area contributed by atoms with Crippen LogP contribution in [0.15, 0.2) is 78.9 Å². The first kappa shape index (κ1) is 28.2. The number of carbonyl (C=O) groups excluding carboxylic acids is 3. The van der Waals surface area contributed by atoms with Crippen LogP contribution in [0.5, 0.6) is 0 Å². The molecule has 1 aliphatic heterocycles. The predicted molar refractivity (Wildman–Crippen MR) is 148 cm³/mol. The Morgan fingerprint density at radius 3 is 1.95 bits per heavy atom. The molecule has 0 aromatic heterocycles. The van der Waals surface area contributed by atoms with Crippen LogP contribution in [0.1, 0.15) is 40.7 Å². The summed E-state index contributed by atoms with van der Waals surface area (Å²) in [5.41, 5.74) is 2.00. The number of urea groups is 1. The van der Waals surface area contributed by atoms with E-state index in [9.17, 15) is 27.6 Å². The van der Waals surface area contributed by atoms with Gasteiger partial charge in [-0.05, 0) is 53.6 Å². The zero-order valence-corrected chi connectivity index (χ0v) is 22.3. The second-order valence-corrected chi connectivity index (χ2v) is 10.4. The van der Waals surface area contributed by atoms with Crippen LogP contribution in [0.3, 0.4) is 0 Å². The van der Waals surface area contributed by atoms with Crippen LogP contribution in [0.4, 0.5) is 18.0 Å². The second kappa shape index (κ2) is 11.6. The summed E-state index contributed by atoms with van der Waals surface area (Å²) in [6.45, 7) is -0.492. The summed E-state index contributed by atoms with van der Waals surface area (Å²) in [7, 11) is 0. The van der Waals surface area contributed by atoms with Crippen LogP contribution in [-0.2, 0) is 10.2 Å². The van der Waals surface area contributed by atoms with Gasteiger partial charge in [-0.15, -0.1) is 0 Å². The lowest BCUT2D eigenvalue weighted by molar-refractivity contribution is -0.141. The topological polar surface area (TPSA) is 90.5 Å². The van der Waals surface area contributed by atoms with E-state index in [-0.39, 0.29) is 30.9 Å². The number of amides is 4. The normalized spacial score (nSPS) is 15.9. The maximum absolute atomic E-state index is 13.6. The Balaban J connectivity index is 1.25. The highest BCUT2D eigenvalue weighted by atomic mass is 19.4. The van der Waals surface area contributed by atoms with Gasteiger partial charge in [-0.3, -0.25) is 9.59 Å². The number of likely N-dealkylation sites (tertiary alicyclic amines) is 1. The highest BCUT2D eigenvalue weighted by molar-refractivity contribution is 6.00. The Morgan fingerprint density at radius 2 is 1.37 bits per heavy atom. The standard InChI is InChI=1S/C31H31F3N4O3/c32-31(33,34)20-36-28(40)30(25-12-6-4-10-23(25)24-11-5-7-13-26(24)30)16-17-35-29(41)38-18-14-22(15-19-38)37-27(39)21-8-2-1-3-9-21/h1-13,22H,14-20H2,(H,35,41)(H,36,40)(H,37,39). The molecule has 1 saturated heterocycles. The van der Waals surface area contributed by atoms with Gasteiger partial charge in [0.15, 0.2) is 0 Å². The molecule has 214 valence electrons. The molecule has 1 aliphatic carbocycles. The molecule has 3 aromatic rings. The van der Waals surface area contributed by atoms with Crippen molar-refractivity contribution in [1.82, 2.24) is 20.9 Å². The third kappa shape index (κ3) is 5.91. The number of hydrogen-bond donors (Lipinski definition) is 3. The van der Waals surface area contributed by atoms with E-state index >= 15 is 0 Å². The van der Waals surface area contributed by atoms with Crippen molar-refractivity contribution in [3.05, 3.63) is 95.6 Å². The molecule has 1 fully saturated rings. The molecule has 2 aliphatic rings. The Morgan fingerprint density at radius 1 is 0.805 bits per heavy atom. The minimum atomic E-state index is -4.56. The van der Waals surface area contributed by atoms with Gasteiger partial charge in [-0.25, -0.2) is 4.79 Å². The van der Waals surface area contributed by atoms with Crippen molar-refractivity contribution in [2.45, 2.75) is 36.9 Å². The third-order valence-corrected chi connectivity index (χ3v) is 7.83. The lowest BCUT2D eigenvalue weighted by Gasteiger charge is -2.34. The first-order valence-corrected chi connectivity index (χ1v) is 13.6. The molecule has 3 aromatic carbocycles. The zero-order chi connectivity index (χ0) is 29.0. The van der Waals surface area contributed by atoms with Crippen molar-refractivity contribution in [2.24, 2.45) is 0 Å². The molecule has 10 heteroatoms. The highest BCUT2D eigenvalue weighted by Crippen LogP contribution is 2.50. The molecular formula is C31H31F3N4O3. The number of alkyl halides is 3. The summed E-state index contributed by atoms with van der Waals surface area (Å²) in [4.78, 5) is 40.7. The number of rotatable bonds is 7. The van der Waals surface area contributed by atoms with Crippen LogP contribution in [0, 0.1) is 0 Å². The van der Waals surface area contributed by atoms with Crippen molar-refractivity contribution < 1.29 is 27.6 Å². The van der Waals surface area contributed by atoms with E-state index in [0.29, 0.717) is 42.6 Å². The fourth-order valence-corrected chi connectivity index (χ4v) is 5.84. The van der Waals surface area contributed by atoms with Crippen molar-refractivity contribution >= 4 is 17.8 Å². The van der Waals surface area contributed by atoms with Gasteiger partial charge in [-0.2, -0.15) is 13.2 Å². The van der Waals surface area contributed by atoms with Crippen molar-refractivity contribution in [3.8, 4) is 11.1 Å². The summed E-state index contributed by atoms with van der Waals surface area (Å²) in [6, 6.07) is 23.0. The monoisotopic (exact) mass is 564 g/mol. The number of piperidine rings is 1. The minimum absolute atomic E-state index is 0.0566. The molecule has 0 spiro atoms. The van der Waals surface area contributed by atoms with Gasteiger partial charge < -0.3 is 20.9 Å². The van der Waals surface area contributed by atoms with E-state index in [1.165, 1.54) is 0 Å². The molecule has 3 N–H and O–H groups in total. The van der Waals surface area contributed by atoms with Gasteiger partial charge in [-0.1, -0.05) is 66.7 Å². The van der Waals surface area contributed by atoms with Crippen molar-refractivity contribution in [3.63, 3.8) is 0 Å². The summed E-state index contributed by atoms with van der Waals surface area (Å²) in [5.74, 6) is -0.906. The van der Waals surface area contributed by atoms with Gasteiger partial charge in [0.25, 0.3) is 5.91 Å². The van der Waals surface area contributed by atoms with Gasteiger partial charge >= 0.3 is 12.2 Å². The quantitative estimate of drug-likeness (QED) is 0.391. The number of halogens is 3. The number of nitrogens with zero attached hydrogens (tertiary/aromatic N) is 1. The fourth-order valence-electron chi connectivity index (χ4n) is 5.84. The van der Waals surface area contributed by atoms with E-state index in [4.69, 9.17) is 0 Å². The van der Waals surface area contributed by atoms with E-state index in [1.807, 2.05) is 30.3 Å². The number of fused-ring (bicyclic) bond motifs is 3. The van der Waals surface area contributed by atoms with Crippen LogP contribution in [-0.4, -0.2) is 61.1 Å². The largest absolute Gasteiger partial charge is 0.405 e. The minimum Gasteiger partial charge on any atom is -0.349 e. The molecule has 0 saturated carbocycles. The SMILES string of the molecule is O=C(NC1CCN(C(=O)NCCC2(C(=O)NCC(F)(F)F)c3ccccc3-c3ccccc32)CC1)c1ccccc1. The highest BCUT2D eigenvalue weighted by Gasteiger charge is 2.49. The smallest absolute Gasteiger partial charge is 0.349 e. The third-order valence-electron chi connectivity index (χ3n) is 7.83. The lowest BCUT2D eigenvalue weighted by Crippen LogP contribution is -2.51. The predicted octanol–water partition coefficient (Wildman–Crippen LogP) is 4.63. The Bertz CT molecular complexity index is 1370. The molecule has 5 rings (SSSR count). The molecule has 7 nitrogen and oxygen atoms in total. The van der Waals surface area contributed by atoms with E-state index in [2.05, 4.69) is 16.0 Å². The average Bonchev–Trinajstić information content (AvgIpc) is 3.27. The maximum Gasteiger partial charge on any atom is 0.405 e. The molecule has 1 heterocycles. The second-order valence-electron chi connectivity index (χ2n) is 10.4. The van der Waals surface area contributed by atoms with E-state index in [0.717, 1.165) is 11.1 Å². The van der Waals surface area contributed by atoms with Crippen LogP contribution < -0.4 is 16.0 Å². The maximum atomic E-state index is 13.6. The molecule has 0 atom stereocenters. The molecule has 4 amide bonds. The average molecular weight is 565 g/mol. The van der Waals surface area contributed by atoms with E-state index in [1.54, 1.807) is 53.4 Å². The van der Waals surface area contributed by atoms with Gasteiger partial charge in [0.1, 0.15) is 12.0 Å². The fraction of sp³-hybridized carbons (Fsp3) is 0.323. The van der Waals surface area contributed by atoms with E-state index < -0.39 is 24.0 Å². The first-order valence-electron chi connectivity index (χ1n) is 13.6.